The Kier molecular flexibility index (Phi) is 5.52. The molecule has 0 saturated carbocycles. The molecular weight excluding hydrogens is 259 g/mol. The molecule has 106 valence electrons. The molecule has 1 heterocycles. The molecule has 0 radical (unpaired) electrons. The predicted octanol–water partition coefficient (Wildman–Crippen LogP) is 0.619. The van der Waals surface area contributed by atoms with E-state index in [1.807, 2.05) is 0 Å². The number of carbonyl (C=O) groups excluding carboxylic acids is 1. The summed E-state index contributed by atoms with van der Waals surface area (Å²) in [6.07, 6.45) is 0.566. The molecule has 1 rings (SSSR count). The zero-order valence-corrected chi connectivity index (χ0v) is 11.7. The lowest BCUT2D eigenvalue weighted by Crippen LogP contribution is -2.31. The molecule has 1 aliphatic heterocycles. The van der Waals surface area contributed by atoms with Gasteiger partial charge >= 0.3 is 10.2 Å². The van der Waals surface area contributed by atoms with Crippen LogP contribution in [-0.4, -0.2) is 62.1 Å². The van der Waals surface area contributed by atoms with Crippen LogP contribution < -0.4 is 0 Å². The van der Waals surface area contributed by atoms with E-state index in [9.17, 15) is 17.1 Å². The van der Waals surface area contributed by atoms with E-state index < -0.39 is 15.5 Å². The van der Waals surface area contributed by atoms with Crippen LogP contribution in [0, 0.1) is 0 Å². The molecule has 1 saturated heterocycles. The maximum Gasteiger partial charge on any atom is 0.307 e. The first-order valence-corrected chi connectivity index (χ1v) is 7.76. The fraction of sp³-hybridized carbons (Fsp3) is 0.909. The number of carbonyl (C=O) groups is 1. The van der Waals surface area contributed by atoms with Crippen LogP contribution in [0.2, 0.25) is 0 Å². The van der Waals surface area contributed by atoms with Crippen molar-refractivity contribution in [2.24, 2.45) is 0 Å². The van der Waals surface area contributed by atoms with Gasteiger partial charge in [0.2, 0.25) is 5.91 Å². The maximum atomic E-state index is 12.8. The monoisotopic (exact) mass is 280 g/mol. The predicted molar refractivity (Wildman–Crippen MR) is 67.4 cm³/mol. The van der Waals surface area contributed by atoms with Gasteiger partial charge in [-0.2, -0.15) is 8.42 Å². The Hall–Kier alpha value is -0.690. The van der Waals surface area contributed by atoms with E-state index in [0.29, 0.717) is 6.54 Å². The Morgan fingerprint density at radius 2 is 2.00 bits per heavy atom. The second-order valence-corrected chi connectivity index (χ2v) is 6.14. The molecule has 0 aromatic heterocycles. The molecule has 1 amide bonds. The molecule has 1 aliphatic rings. The first-order chi connectivity index (χ1) is 8.38. The average Bonchev–Trinajstić information content (AvgIpc) is 2.66. The number of hydrogen-bond donors (Lipinski definition) is 0. The van der Waals surface area contributed by atoms with E-state index >= 15 is 0 Å². The molecule has 0 bridgehead atoms. The Balaban J connectivity index is 2.38. The van der Waals surface area contributed by atoms with Gasteiger partial charge in [0.25, 0.3) is 0 Å². The van der Waals surface area contributed by atoms with E-state index in [0.717, 1.165) is 26.1 Å². The molecule has 1 fully saturated rings. The first-order valence-electron chi connectivity index (χ1n) is 6.32. The van der Waals surface area contributed by atoms with Crippen LogP contribution in [0.3, 0.4) is 0 Å². The van der Waals surface area contributed by atoms with Crippen LogP contribution in [0.4, 0.5) is 3.89 Å². The number of halogens is 1. The Labute approximate surface area is 108 Å². The van der Waals surface area contributed by atoms with Crippen molar-refractivity contribution in [3.63, 3.8) is 0 Å². The van der Waals surface area contributed by atoms with Crippen LogP contribution in [-0.2, 0) is 15.0 Å². The third-order valence-electron chi connectivity index (χ3n) is 3.37. The number of likely N-dealkylation sites (tertiary alicyclic amines) is 1. The Morgan fingerprint density at radius 3 is 2.44 bits per heavy atom. The van der Waals surface area contributed by atoms with Crippen LogP contribution in [0.25, 0.3) is 0 Å². The molecule has 0 aromatic carbocycles. The van der Waals surface area contributed by atoms with E-state index in [-0.39, 0.29) is 18.9 Å². The summed E-state index contributed by atoms with van der Waals surface area (Å²) in [5.41, 5.74) is 0. The summed E-state index contributed by atoms with van der Waals surface area (Å²) in [6.45, 7) is 7.39. The maximum absolute atomic E-state index is 12.8. The molecule has 0 spiro atoms. The van der Waals surface area contributed by atoms with Crippen LogP contribution in [0.15, 0.2) is 0 Å². The van der Waals surface area contributed by atoms with Crippen molar-refractivity contribution in [2.75, 3.05) is 32.7 Å². The molecule has 0 aromatic rings. The fourth-order valence-electron chi connectivity index (χ4n) is 2.17. The number of amides is 1. The molecule has 7 heteroatoms. The minimum Gasteiger partial charge on any atom is -0.341 e. The second-order valence-electron chi connectivity index (χ2n) is 4.52. The van der Waals surface area contributed by atoms with Crippen molar-refractivity contribution in [1.82, 2.24) is 9.80 Å². The van der Waals surface area contributed by atoms with Gasteiger partial charge in [-0.1, -0.05) is 13.8 Å². The summed E-state index contributed by atoms with van der Waals surface area (Å²) in [7, 11) is -4.59. The smallest absolute Gasteiger partial charge is 0.307 e. The van der Waals surface area contributed by atoms with Gasteiger partial charge in [0, 0.05) is 19.5 Å². The molecular formula is C11H21FN2O3S. The quantitative estimate of drug-likeness (QED) is 0.641. The van der Waals surface area contributed by atoms with E-state index in [1.54, 1.807) is 0 Å². The lowest BCUT2D eigenvalue weighted by molar-refractivity contribution is -0.127. The summed E-state index contributed by atoms with van der Waals surface area (Å²) in [5.74, 6) is -0.263. The van der Waals surface area contributed by atoms with Gasteiger partial charge in [0.1, 0.15) is 5.25 Å². The normalized spacial score (nSPS) is 21.0. The molecule has 0 N–H and O–H groups in total. The summed E-state index contributed by atoms with van der Waals surface area (Å²) in [5, 5.41) is -1.17. The molecule has 0 aliphatic carbocycles. The minimum atomic E-state index is -4.59. The highest BCUT2D eigenvalue weighted by atomic mass is 32.3. The topological polar surface area (TPSA) is 57.7 Å². The number of hydrogen-bond acceptors (Lipinski definition) is 4. The largest absolute Gasteiger partial charge is 0.341 e. The lowest BCUT2D eigenvalue weighted by Gasteiger charge is -2.21. The Morgan fingerprint density at radius 1 is 1.39 bits per heavy atom. The van der Waals surface area contributed by atoms with Gasteiger partial charge in [-0.15, -0.1) is 3.89 Å². The van der Waals surface area contributed by atoms with Gasteiger partial charge < -0.3 is 9.80 Å². The third-order valence-corrected chi connectivity index (χ3v) is 4.49. The van der Waals surface area contributed by atoms with Crippen molar-refractivity contribution in [2.45, 2.75) is 31.9 Å². The lowest BCUT2D eigenvalue weighted by atomic mass is 10.3. The van der Waals surface area contributed by atoms with Crippen molar-refractivity contribution < 1.29 is 17.1 Å². The van der Waals surface area contributed by atoms with Gasteiger partial charge in [0.05, 0.1) is 0 Å². The second kappa shape index (κ2) is 6.47. The van der Waals surface area contributed by atoms with Crippen LogP contribution in [0.5, 0.6) is 0 Å². The summed E-state index contributed by atoms with van der Waals surface area (Å²) < 4.78 is 34.3. The summed E-state index contributed by atoms with van der Waals surface area (Å²) >= 11 is 0. The van der Waals surface area contributed by atoms with Gasteiger partial charge in [-0.3, -0.25) is 4.79 Å². The molecule has 1 atom stereocenters. The fourth-order valence-corrected chi connectivity index (χ4v) is 2.87. The van der Waals surface area contributed by atoms with E-state index in [1.165, 1.54) is 4.90 Å². The molecule has 5 nitrogen and oxygen atoms in total. The van der Waals surface area contributed by atoms with Crippen molar-refractivity contribution in [3.8, 4) is 0 Å². The van der Waals surface area contributed by atoms with Gasteiger partial charge in [-0.25, -0.2) is 0 Å². The summed E-state index contributed by atoms with van der Waals surface area (Å²) in [4.78, 5) is 15.2. The highest BCUT2D eigenvalue weighted by molar-refractivity contribution is 7.87. The minimum absolute atomic E-state index is 0.00405. The first kappa shape index (κ1) is 15.4. The average molecular weight is 280 g/mol. The standard InChI is InChI=1S/C11H21FN2O3S/c1-3-13(4-2)6-5-7-14-9-10(8-11(14)15)18(12,16)17/h10H,3-9H2,1-2H3. The van der Waals surface area contributed by atoms with Crippen molar-refractivity contribution in [3.05, 3.63) is 0 Å². The molecule has 1 unspecified atom stereocenters. The summed E-state index contributed by atoms with van der Waals surface area (Å²) in [6, 6.07) is 0. The van der Waals surface area contributed by atoms with Gasteiger partial charge in [-0.05, 0) is 26.1 Å². The SMILES string of the molecule is CCN(CC)CCCN1CC(S(=O)(=O)F)CC1=O. The zero-order valence-electron chi connectivity index (χ0n) is 10.9. The van der Waals surface area contributed by atoms with Crippen LogP contribution in [0.1, 0.15) is 26.7 Å². The highest BCUT2D eigenvalue weighted by Gasteiger charge is 2.37. The Bertz CT molecular complexity index is 382. The van der Waals surface area contributed by atoms with E-state index in [4.69, 9.17) is 0 Å². The highest BCUT2D eigenvalue weighted by Crippen LogP contribution is 2.19. The zero-order chi connectivity index (χ0) is 13.8. The van der Waals surface area contributed by atoms with Crippen molar-refractivity contribution >= 4 is 16.1 Å². The number of rotatable bonds is 7. The van der Waals surface area contributed by atoms with E-state index in [2.05, 4.69) is 18.7 Å². The van der Waals surface area contributed by atoms with Crippen molar-refractivity contribution in [1.29, 1.82) is 0 Å². The van der Waals surface area contributed by atoms with Crippen LogP contribution >= 0.6 is 0 Å². The third kappa shape index (κ3) is 4.20. The molecule has 18 heavy (non-hydrogen) atoms. The number of nitrogens with zero attached hydrogens (tertiary/aromatic N) is 2. The van der Waals surface area contributed by atoms with Gasteiger partial charge in [0.15, 0.2) is 0 Å².